The number of carbonyl (C=O) groups is 2. The molecule has 11 nitrogen and oxygen atoms in total. The Labute approximate surface area is 315 Å². The Kier molecular flexibility index (Phi) is 11.9. The van der Waals surface area contributed by atoms with E-state index in [2.05, 4.69) is 11.0 Å². The number of hydrogen-bond donors (Lipinski definition) is 0. The molecule has 2 aliphatic rings. The fourth-order valence-corrected chi connectivity index (χ4v) is 7.17. The summed E-state index contributed by atoms with van der Waals surface area (Å²) < 4.78 is 20.6. The van der Waals surface area contributed by atoms with Gasteiger partial charge in [-0.2, -0.15) is 0 Å². The minimum absolute atomic E-state index is 0.0619. The fraction of sp³-hybridized carbons (Fsp3) is 0.395. The van der Waals surface area contributed by atoms with Crippen LogP contribution >= 0.6 is 0 Å². The van der Waals surface area contributed by atoms with Gasteiger partial charge >= 0.3 is 6.09 Å². The van der Waals surface area contributed by atoms with Crippen molar-refractivity contribution in [3.8, 4) is 11.5 Å². The van der Waals surface area contributed by atoms with E-state index in [4.69, 9.17) is 14.2 Å². The molecule has 0 radical (unpaired) electrons. The van der Waals surface area contributed by atoms with Gasteiger partial charge in [-0.05, 0) is 100 Å². The topological polar surface area (TPSA) is 112 Å². The molecule has 5 aromatic rings. The van der Waals surface area contributed by atoms with Crippen molar-refractivity contribution in [2.24, 2.45) is 0 Å². The zero-order valence-corrected chi connectivity index (χ0v) is 31.9. The van der Waals surface area contributed by atoms with Gasteiger partial charge < -0.3 is 37.9 Å². The molecule has 0 bridgehead atoms. The number of fused-ring (bicyclic) bond motifs is 3. The second-order valence-corrected chi connectivity index (χ2v) is 15.0. The maximum Gasteiger partial charge on any atom is 0.410 e. The Morgan fingerprint density at radius 3 is 1.98 bits per heavy atom. The number of para-hydroxylation sites is 2. The van der Waals surface area contributed by atoms with E-state index in [0.29, 0.717) is 31.9 Å². The maximum absolute atomic E-state index is 13.3. The zero-order valence-electron chi connectivity index (χ0n) is 31.9. The summed E-state index contributed by atoms with van der Waals surface area (Å²) in [6.45, 7) is 14.1. The molecule has 1 amide bonds. The summed E-state index contributed by atoms with van der Waals surface area (Å²) in [5, 5.41) is 2.07. The van der Waals surface area contributed by atoms with Gasteiger partial charge in [0.25, 0.3) is 11.1 Å². The number of piperidine rings is 1. The van der Waals surface area contributed by atoms with E-state index in [9.17, 15) is 19.2 Å². The molecule has 3 aromatic carbocycles. The van der Waals surface area contributed by atoms with Crippen LogP contribution in [0, 0.1) is 13.8 Å². The molecule has 1 fully saturated rings. The van der Waals surface area contributed by atoms with Crippen molar-refractivity contribution in [3.63, 3.8) is 0 Å². The first-order valence-corrected chi connectivity index (χ1v) is 18.6. The van der Waals surface area contributed by atoms with Gasteiger partial charge in [0.2, 0.25) is 0 Å². The van der Waals surface area contributed by atoms with Crippen molar-refractivity contribution in [1.29, 1.82) is 0 Å². The molecular formula is C43H50N4O7. The third-order valence-electron chi connectivity index (χ3n) is 9.85. The molecule has 2 aliphatic heterocycles. The Morgan fingerprint density at radius 1 is 0.796 bits per heavy atom. The number of rotatable bonds is 8. The number of nitrogens with zero attached hydrogens (tertiary/aromatic N) is 4. The SMILES string of the molecule is Cc1cc2ccccc2n(CC=O)c1=O.Cc1cc2ccccc2n(CCN2CCC(N(Cc3ccc4c(c3)OCCO4)C(=O)OC(C)(C)C)CC2)c1=O. The molecule has 0 N–H and O–H groups in total. The lowest BCUT2D eigenvalue weighted by Crippen LogP contribution is -2.49. The Balaban J connectivity index is 0.000000276. The number of aldehydes is 1. The van der Waals surface area contributed by atoms with Gasteiger partial charge in [0.15, 0.2) is 11.5 Å². The van der Waals surface area contributed by atoms with E-state index in [0.717, 1.165) is 83.2 Å². The normalized spacial score (nSPS) is 14.7. The molecule has 0 atom stereocenters. The Bertz CT molecular complexity index is 2250. The average Bonchev–Trinajstić information content (AvgIpc) is 3.15. The molecule has 0 aliphatic carbocycles. The number of aryl methyl sites for hydroxylation is 2. The first kappa shape index (κ1) is 38.3. The summed E-state index contributed by atoms with van der Waals surface area (Å²) in [4.78, 5) is 52.8. The highest BCUT2D eigenvalue weighted by atomic mass is 16.6. The summed E-state index contributed by atoms with van der Waals surface area (Å²) >= 11 is 0. The number of pyridine rings is 2. The number of carbonyl (C=O) groups excluding carboxylic acids is 2. The highest BCUT2D eigenvalue weighted by molar-refractivity contribution is 5.80. The molecule has 54 heavy (non-hydrogen) atoms. The molecule has 2 aromatic heterocycles. The minimum atomic E-state index is -0.577. The smallest absolute Gasteiger partial charge is 0.410 e. The van der Waals surface area contributed by atoms with Gasteiger partial charge in [0.05, 0.1) is 17.6 Å². The lowest BCUT2D eigenvalue weighted by atomic mass is 10.0. The van der Waals surface area contributed by atoms with Crippen molar-refractivity contribution >= 4 is 34.2 Å². The average molecular weight is 735 g/mol. The largest absolute Gasteiger partial charge is 0.486 e. The van der Waals surface area contributed by atoms with E-state index in [1.165, 1.54) is 4.57 Å². The molecule has 4 heterocycles. The molecule has 284 valence electrons. The minimum Gasteiger partial charge on any atom is -0.486 e. The summed E-state index contributed by atoms with van der Waals surface area (Å²) in [5.41, 5.74) is 3.58. The zero-order chi connectivity index (χ0) is 38.4. The molecule has 0 spiro atoms. The number of aromatic nitrogens is 2. The van der Waals surface area contributed by atoms with E-state index in [1.54, 1.807) is 6.92 Å². The number of ether oxygens (including phenoxy) is 3. The van der Waals surface area contributed by atoms with Crippen LogP contribution < -0.4 is 20.6 Å². The summed E-state index contributed by atoms with van der Waals surface area (Å²) in [7, 11) is 0. The van der Waals surface area contributed by atoms with Crippen LogP contribution in [0.3, 0.4) is 0 Å². The van der Waals surface area contributed by atoms with Gasteiger partial charge in [0, 0.05) is 49.9 Å². The van der Waals surface area contributed by atoms with Crippen LogP contribution in [-0.2, 0) is 29.2 Å². The monoisotopic (exact) mass is 734 g/mol. The Morgan fingerprint density at radius 2 is 1.37 bits per heavy atom. The number of likely N-dealkylation sites (tertiary alicyclic amines) is 1. The van der Waals surface area contributed by atoms with Crippen LogP contribution in [0.1, 0.15) is 50.3 Å². The van der Waals surface area contributed by atoms with Crippen LogP contribution in [0.5, 0.6) is 11.5 Å². The van der Waals surface area contributed by atoms with E-state index in [-0.39, 0.29) is 29.8 Å². The van der Waals surface area contributed by atoms with Gasteiger partial charge in [-0.1, -0.05) is 42.5 Å². The van der Waals surface area contributed by atoms with Gasteiger partial charge in [-0.25, -0.2) is 4.79 Å². The van der Waals surface area contributed by atoms with Crippen LogP contribution in [0.4, 0.5) is 4.79 Å². The van der Waals surface area contributed by atoms with Crippen molar-refractivity contribution in [2.75, 3.05) is 32.8 Å². The summed E-state index contributed by atoms with van der Waals surface area (Å²) in [5.74, 6) is 1.46. The van der Waals surface area contributed by atoms with Crippen molar-refractivity contribution in [1.82, 2.24) is 18.9 Å². The highest BCUT2D eigenvalue weighted by Crippen LogP contribution is 2.32. The van der Waals surface area contributed by atoms with E-state index in [1.807, 2.05) is 110 Å². The quantitative estimate of drug-likeness (QED) is 0.166. The summed E-state index contributed by atoms with van der Waals surface area (Å²) in [6, 6.07) is 25.3. The van der Waals surface area contributed by atoms with E-state index < -0.39 is 5.60 Å². The van der Waals surface area contributed by atoms with Crippen molar-refractivity contribution in [3.05, 3.63) is 116 Å². The molecule has 11 heteroatoms. The van der Waals surface area contributed by atoms with Gasteiger partial charge in [0.1, 0.15) is 25.1 Å². The molecule has 7 rings (SSSR count). The predicted molar refractivity (Wildman–Crippen MR) is 211 cm³/mol. The molecular weight excluding hydrogens is 684 g/mol. The van der Waals surface area contributed by atoms with Crippen molar-refractivity contribution in [2.45, 2.75) is 78.7 Å². The first-order chi connectivity index (χ1) is 25.9. The third kappa shape index (κ3) is 9.02. The van der Waals surface area contributed by atoms with E-state index >= 15 is 0 Å². The number of benzene rings is 3. The number of amides is 1. The molecule has 0 unspecified atom stereocenters. The van der Waals surface area contributed by atoms with Crippen molar-refractivity contribution < 1.29 is 23.8 Å². The lowest BCUT2D eigenvalue weighted by molar-refractivity contribution is -0.108. The standard InChI is InChI=1S/C31H39N3O5.C12H11NO2/c1-22-19-24-7-5-6-8-26(24)33(29(22)35)16-15-32-13-11-25(12-14-32)34(30(36)39-31(2,3)4)21-23-9-10-27-28(20-23)38-18-17-37-27;1-9-8-10-4-2-3-5-11(10)13(6-7-14)12(9)15/h5-10,19-20,25H,11-18,21H2,1-4H3;2-5,7-8H,6H2,1H3. The highest BCUT2D eigenvalue weighted by Gasteiger charge is 2.31. The first-order valence-electron chi connectivity index (χ1n) is 18.6. The summed E-state index contributed by atoms with van der Waals surface area (Å²) in [6.07, 6.45) is 2.13. The van der Waals surface area contributed by atoms with Crippen LogP contribution in [0.25, 0.3) is 21.8 Å². The Hall–Kier alpha value is -5.42. The predicted octanol–water partition coefficient (Wildman–Crippen LogP) is 6.49. The fourth-order valence-electron chi connectivity index (χ4n) is 7.17. The second-order valence-electron chi connectivity index (χ2n) is 15.0. The van der Waals surface area contributed by atoms with Gasteiger partial charge in [-0.3, -0.25) is 9.59 Å². The second kappa shape index (κ2) is 16.7. The van der Waals surface area contributed by atoms with Crippen LogP contribution in [-0.4, -0.2) is 75.8 Å². The van der Waals surface area contributed by atoms with Gasteiger partial charge in [-0.15, -0.1) is 0 Å². The third-order valence-corrected chi connectivity index (χ3v) is 9.85. The number of hydrogen-bond acceptors (Lipinski definition) is 8. The maximum atomic E-state index is 13.3. The lowest BCUT2D eigenvalue weighted by Gasteiger charge is -2.39. The molecule has 1 saturated heterocycles. The van der Waals surface area contributed by atoms with Crippen LogP contribution in [0.2, 0.25) is 0 Å². The van der Waals surface area contributed by atoms with Crippen LogP contribution in [0.15, 0.2) is 88.5 Å². The molecule has 0 saturated carbocycles.